The number of hydrogen-bond donors (Lipinski definition) is 2. The Kier molecular flexibility index (Phi) is 5.88. The first kappa shape index (κ1) is 16.7. The zero-order chi connectivity index (χ0) is 16.7. The molecule has 5 nitrogen and oxygen atoms in total. The summed E-state index contributed by atoms with van der Waals surface area (Å²) >= 11 is 0. The smallest absolute Gasteiger partial charge is 0.254 e. The number of carbonyl (C=O) groups is 2. The van der Waals surface area contributed by atoms with Gasteiger partial charge < -0.3 is 15.8 Å². The molecule has 0 spiro atoms. The van der Waals surface area contributed by atoms with Gasteiger partial charge in [0.2, 0.25) is 5.91 Å². The van der Waals surface area contributed by atoms with E-state index < -0.39 is 24.0 Å². The molecule has 3 N–H and O–H groups in total. The van der Waals surface area contributed by atoms with Crippen LogP contribution in [0.4, 0.5) is 0 Å². The normalized spacial score (nSPS) is 13.1. The molecule has 0 unspecified atom stereocenters. The second-order valence-corrected chi connectivity index (χ2v) is 5.18. The molecule has 120 valence electrons. The Hall–Kier alpha value is -2.66. The minimum absolute atomic E-state index is 0.340. The Balaban J connectivity index is 2.09. The maximum absolute atomic E-state index is 12.4. The maximum atomic E-state index is 12.4. The van der Waals surface area contributed by atoms with Crippen LogP contribution in [0, 0.1) is 0 Å². The van der Waals surface area contributed by atoms with Gasteiger partial charge in [0.05, 0.1) is 0 Å². The molecule has 2 aromatic carbocycles. The van der Waals surface area contributed by atoms with Crippen molar-refractivity contribution in [1.82, 2.24) is 5.32 Å². The maximum Gasteiger partial charge on any atom is 0.254 e. The van der Waals surface area contributed by atoms with Crippen LogP contribution in [0.15, 0.2) is 60.7 Å². The lowest BCUT2D eigenvalue weighted by atomic mass is 10.0. The van der Waals surface area contributed by atoms with Crippen LogP contribution in [0.5, 0.6) is 0 Å². The van der Waals surface area contributed by atoms with Gasteiger partial charge in [0, 0.05) is 13.5 Å². The quantitative estimate of drug-likeness (QED) is 0.814. The number of rotatable bonds is 7. The first-order valence-electron chi connectivity index (χ1n) is 7.33. The third-order valence-electron chi connectivity index (χ3n) is 3.52. The minimum atomic E-state index is -0.786. The highest BCUT2D eigenvalue weighted by atomic mass is 16.5. The van der Waals surface area contributed by atoms with Crippen LogP contribution in [0.1, 0.15) is 17.2 Å². The largest absolute Gasteiger partial charge is 0.368 e. The van der Waals surface area contributed by atoms with Crippen molar-refractivity contribution in [2.24, 2.45) is 5.73 Å². The number of benzene rings is 2. The van der Waals surface area contributed by atoms with Crippen LogP contribution in [-0.2, 0) is 20.7 Å². The van der Waals surface area contributed by atoms with E-state index in [1.807, 2.05) is 48.5 Å². The molecule has 0 fully saturated rings. The van der Waals surface area contributed by atoms with Crippen molar-refractivity contribution in [1.29, 1.82) is 0 Å². The minimum Gasteiger partial charge on any atom is -0.368 e. The summed E-state index contributed by atoms with van der Waals surface area (Å²) < 4.78 is 5.26. The molecule has 0 aromatic heterocycles. The number of carbonyl (C=O) groups excluding carboxylic acids is 2. The first-order chi connectivity index (χ1) is 11.1. The lowest BCUT2D eigenvalue weighted by molar-refractivity contribution is -0.134. The molecule has 0 aliphatic rings. The van der Waals surface area contributed by atoms with Crippen LogP contribution in [0.25, 0.3) is 0 Å². The van der Waals surface area contributed by atoms with Gasteiger partial charge in [-0.1, -0.05) is 60.7 Å². The van der Waals surface area contributed by atoms with Gasteiger partial charge in [-0.05, 0) is 11.1 Å². The van der Waals surface area contributed by atoms with Crippen molar-refractivity contribution in [3.8, 4) is 0 Å². The van der Waals surface area contributed by atoms with Crippen LogP contribution < -0.4 is 11.1 Å². The molecule has 2 atom stereocenters. The molecule has 23 heavy (non-hydrogen) atoms. The van der Waals surface area contributed by atoms with E-state index in [2.05, 4.69) is 5.32 Å². The van der Waals surface area contributed by atoms with E-state index in [1.165, 1.54) is 7.11 Å². The predicted octanol–water partition coefficient (Wildman–Crippen LogP) is 1.59. The zero-order valence-electron chi connectivity index (χ0n) is 12.9. The fourth-order valence-electron chi connectivity index (χ4n) is 2.34. The molecule has 5 heteroatoms. The summed E-state index contributed by atoms with van der Waals surface area (Å²) in [6.45, 7) is 0. The van der Waals surface area contributed by atoms with Gasteiger partial charge >= 0.3 is 0 Å². The molecule has 0 bridgehead atoms. The Bertz CT molecular complexity index is 644. The average Bonchev–Trinajstić information content (AvgIpc) is 2.57. The number of primary amides is 1. The van der Waals surface area contributed by atoms with E-state index in [0.717, 1.165) is 11.1 Å². The van der Waals surface area contributed by atoms with Crippen molar-refractivity contribution in [3.05, 3.63) is 71.8 Å². The van der Waals surface area contributed by atoms with Crippen molar-refractivity contribution in [2.75, 3.05) is 7.11 Å². The SMILES string of the molecule is CO[C@H](C(=O)N[C@H](Cc1ccccc1)C(N)=O)c1ccccc1. The monoisotopic (exact) mass is 312 g/mol. The standard InChI is InChI=1S/C18H20N2O3/c1-23-16(14-10-6-3-7-11-14)18(22)20-15(17(19)21)12-13-8-4-2-5-9-13/h2-11,15-16H,12H2,1H3,(H2,19,21)(H,20,22)/t15-,16+/m1/s1. The van der Waals surface area contributed by atoms with Crippen molar-refractivity contribution in [2.45, 2.75) is 18.6 Å². The highest BCUT2D eigenvalue weighted by Crippen LogP contribution is 2.16. The zero-order valence-corrected chi connectivity index (χ0v) is 12.9. The molecular formula is C18H20N2O3. The van der Waals surface area contributed by atoms with Crippen LogP contribution >= 0.6 is 0 Å². The van der Waals surface area contributed by atoms with Gasteiger partial charge in [0.15, 0.2) is 6.10 Å². The number of nitrogens with one attached hydrogen (secondary N) is 1. The van der Waals surface area contributed by atoms with E-state index in [-0.39, 0.29) is 0 Å². The highest BCUT2D eigenvalue weighted by molar-refractivity contribution is 5.89. The molecule has 0 saturated heterocycles. The summed E-state index contributed by atoms with van der Waals surface area (Å²) in [4.78, 5) is 24.1. The Morgan fingerprint density at radius 3 is 2.13 bits per heavy atom. The molecule has 2 rings (SSSR count). The van der Waals surface area contributed by atoms with Gasteiger partial charge in [0.25, 0.3) is 5.91 Å². The Labute approximate surface area is 135 Å². The van der Waals surface area contributed by atoms with E-state index >= 15 is 0 Å². The molecular weight excluding hydrogens is 292 g/mol. The Morgan fingerprint density at radius 1 is 1.04 bits per heavy atom. The van der Waals surface area contributed by atoms with Gasteiger partial charge in [-0.15, -0.1) is 0 Å². The van der Waals surface area contributed by atoms with Gasteiger partial charge in [-0.25, -0.2) is 0 Å². The van der Waals surface area contributed by atoms with Crippen molar-refractivity contribution in [3.63, 3.8) is 0 Å². The average molecular weight is 312 g/mol. The van der Waals surface area contributed by atoms with Crippen LogP contribution in [-0.4, -0.2) is 25.0 Å². The Morgan fingerprint density at radius 2 is 1.61 bits per heavy atom. The van der Waals surface area contributed by atoms with E-state index in [0.29, 0.717) is 6.42 Å². The number of amides is 2. The molecule has 0 aliphatic heterocycles. The summed E-state index contributed by atoms with van der Waals surface area (Å²) in [6.07, 6.45) is -0.443. The number of ether oxygens (including phenoxy) is 1. The second kappa shape index (κ2) is 8.10. The lowest BCUT2D eigenvalue weighted by Gasteiger charge is -2.20. The topological polar surface area (TPSA) is 81.4 Å². The van der Waals surface area contributed by atoms with Gasteiger partial charge in [0.1, 0.15) is 6.04 Å². The summed E-state index contributed by atoms with van der Waals surface area (Å²) in [5.74, 6) is -0.969. The predicted molar refractivity (Wildman–Crippen MR) is 87.5 cm³/mol. The molecule has 0 aliphatic carbocycles. The molecule has 2 amide bonds. The van der Waals surface area contributed by atoms with Gasteiger partial charge in [-0.3, -0.25) is 9.59 Å². The fourth-order valence-corrected chi connectivity index (χ4v) is 2.34. The summed E-state index contributed by atoms with van der Waals surface area (Å²) in [5, 5.41) is 2.68. The highest BCUT2D eigenvalue weighted by Gasteiger charge is 2.25. The molecule has 0 heterocycles. The van der Waals surface area contributed by atoms with Crippen molar-refractivity contribution < 1.29 is 14.3 Å². The van der Waals surface area contributed by atoms with Crippen LogP contribution in [0.2, 0.25) is 0 Å². The van der Waals surface area contributed by atoms with E-state index in [4.69, 9.17) is 10.5 Å². The summed E-state index contributed by atoms with van der Waals surface area (Å²) in [6, 6.07) is 17.7. The summed E-state index contributed by atoms with van der Waals surface area (Å²) in [5.41, 5.74) is 7.06. The van der Waals surface area contributed by atoms with Crippen LogP contribution in [0.3, 0.4) is 0 Å². The second-order valence-electron chi connectivity index (χ2n) is 5.18. The summed E-state index contributed by atoms with van der Waals surface area (Å²) in [7, 11) is 1.45. The number of methoxy groups -OCH3 is 1. The number of hydrogen-bond acceptors (Lipinski definition) is 3. The molecule has 0 saturated carbocycles. The van der Waals surface area contributed by atoms with E-state index in [9.17, 15) is 9.59 Å². The van der Waals surface area contributed by atoms with E-state index in [1.54, 1.807) is 12.1 Å². The number of nitrogens with two attached hydrogens (primary N) is 1. The third-order valence-corrected chi connectivity index (χ3v) is 3.52. The van der Waals surface area contributed by atoms with Gasteiger partial charge in [-0.2, -0.15) is 0 Å². The third kappa shape index (κ3) is 4.66. The lowest BCUT2D eigenvalue weighted by Crippen LogP contribution is -2.47. The molecule has 0 radical (unpaired) electrons. The molecule has 2 aromatic rings. The van der Waals surface area contributed by atoms with Crippen molar-refractivity contribution >= 4 is 11.8 Å². The first-order valence-corrected chi connectivity index (χ1v) is 7.33. The fraction of sp³-hybridized carbons (Fsp3) is 0.222.